The summed E-state index contributed by atoms with van der Waals surface area (Å²) >= 11 is 2.10. The van der Waals surface area contributed by atoms with Crippen molar-refractivity contribution in [2.75, 3.05) is 5.75 Å². The summed E-state index contributed by atoms with van der Waals surface area (Å²) < 4.78 is 0. The predicted octanol–water partition coefficient (Wildman–Crippen LogP) is 2.54. The van der Waals surface area contributed by atoms with Gasteiger partial charge in [0.2, 0.25) is 0 Å². The topological polar surface area (TPSA) is 0 Å². The zero-order valence-corrected chi connectivity index (χ0v) is 6.72. The molecule has 0 aromatic rings. The molecular formula is C7H14S. The van der Waals surface area contributed by atoms with Gasteiger partial charge in [-0.3, -0.25) is 0 Å². The Balaban J connectivity index is 2.44. The Kier molecular flexibility index (Phi) is 1.57. The fraction of sp³-hybridized carbons (Fsp3) is 1.00. The van der Waals surface area contributed by atoms with Crippen molar-refractivity contribution in [2.45, 2.75) is 32.4 Å². The third-order valence-electron chi connectivity index (χ3n) is 1.60. The van der Waals surface area contributed by atoms with Crippen LogP contribution in [-0.2, 0) is 0 Å². The summed E-state index contributed by atoms with van der Waals surface area (Å²) in [6, 6.07) is 0. The van der Waals surface area contributed by atoms with Crippen molar-refractivity contribution in [3.63, 3.8) is 0 Å². The molecule has 1 heterocycles. The highest BCUT2D eigenvalue weighted by molar-refractivity contribution is 8.00. The van der Waals surface area contributed by atoms with E-state index in [0.29, 0.717) is 5.41 Å². The average molecular weight is 130 g/mol. The van der Waals surface area contributed by atoms with Gasteiger partial charge < -0.3 is 0 Å². The summed E-state index contributed by atoms with van der Waals surface area (Å²) in [5.41, 5.74) is 0.629. The highest BCUT2D eigenvalue weighted by Crippen LogP contribution is 2.39. The van der Waals surface area contributed by atoms with Crippen LogP contribution in [0.5, 0.6) is 0 Å². The fourth-order valence-electron chi connectivity index (χ4n) is 1.26. The van der Waals surface area contributed by atoms with Crippen LogP contribution in [-0.4, -0.2) is 11.0 Å². The van der Waals surface area contributed by atoms with E-state index in [1.165, 1.54) is 12.2 Å². The van der Waals surface area contributed by atoms with Crippen LogP contribution in [0.25, 0.3) is 0 Å². The van der Waals surface area contributed by atoms with E-state index >= 15 is 0 Å². The molecule has 1 heteroatoms. The first-order valence-electron chi connectivity index (χ1n) is 3.22. The second-order valence-electron chi connectivity index (χ2n) is 3.49. The van der Waals surface area contributed by atoms with Crippen molar-refractivity contribution in [3.05, 3.63) is 0 Å². The van der Waals surface area contributed by atoms with Crippen LogP contribution in [0.4, 0.5) is 0 Å². The highest BCUT2D eigenvalue weighted by Gasteiger charge is 2.28. The van der Waals surface area contributed by atoms with Crippen molar-refractivity contribution in [2.24, 2.45) is 5.41 Å². The lowest BCUT2D eigenvalue weighted by Crippen LogP contribution is -2.08. The largest absolute Gasteiger partial charge is 0.158 e. The van der Waals surface area contributed by atoms with Gasteiger partial charge in [0.15, 0.2) is 0 Å². The molecule has 1 rings (SSSR count). The van der Waals surface area contributed by atoms with Crippen LogP contribution < -0.4 is 0 Å². The van der Waals surface area contributed by atoms with Crippen molar-refractivity contribution >= 4 is 11.8 Å². The molecule has 0 N–H and O–H groups in total. The van der Waals surface area contributed by atoms with Crippen molar-refractivity contribution in [1.29, 1.82) is 0 Å². The lowest BCUT2D eigenvalue weighted by molar-refractivity contribution is 0.409. The first-order valence-corrected chi connectivity index (χ1v) is 4.27. The van der Waals surface area contributed by atoms with E-state index < -0.39 is 0 Å². The zero-order valence-electron chi connectivity index (χ0n) is 5.90. The van der Waals surface area contributed by atoms with Gasteiger partial charge in [-0.25, -0.2) is 0 Å². The van der Waals surface area contributed by atoms with E-state index in [1.807, 2.05) is 0 Å². The molecule has 1 saturated heterocycles. The van der Waals surface area contributed by atoms with E-state index in [2.05, 4.69) is 32.5 Å². The molecule has 1 fully saturated rings. The van der Waals surface area contributed by atoms with Gasteiger partial charge in [-0.2, -0.15) is 11.8 Å². The van der Waals surface area contributed by atoms with Gasteiger partial charge >= 0.3 is 0 Å². The van der Waals surface area contributed by atoms with Crippen LogP contribution in [0.2, 0.25) is 0 Å². The predicted molar refractivity (Wildman–Crippen MR) is 40.3 cm³/mol. The molecule has 1 unspecified atom stereocenters. The molecule has 0 aliphatic carbocycles. The van der Waals surface area contributed by atoms with Crippen LogP contribution >= 0.6 is 11.8 Å². The molecule has 1 aliphatic heterocycles. The second kappa shape index (κ2) is 1.94. The Bertz CT molecular complexity index is 86.4. The van der Waals surface area contributed by atoms with Gasteiger partial charge in [-0.15, -0.1) is 0 Å². The SMILES string of the molecule is CC1CC(C)(C)CS1. The molecule has 8 heavy (non-hydrogen) atoms. The summed E-state index contributed by atoms with van der Waals surface area (Å²) in [6.45, 7) is 7.02. The number of hydrogen-bond acceptors (Lipinski definition) is 1. The molecule has 0 radical (unpaired) electrons. The molecule has 0 amide bonds. The van der Waals surface area contributed by atoms with Gasteiger partial charge in [0.05, 0.1) is 0 Å². The third kappa shape index (κ3) is 1.41. The lowest BCUT2D eigenvalue weighted by atomic mass is 9.91. The monoisotopic (exact) mass is 130 g/mol. The second-order valence-corrected chi connectivity index (χ2v) is 4.92. The van der Waals surface area contributed by atoms with Crippen molar-refractivity contribution in [1.82, 2.24) is 0 Å². The lowest BCUT2D eigenvalue weighted by Gasteiger charge is -2.13. The summed E-state index contributed by atoms with van der Waals surface area (Å²) in [7, 11) is 0. The number of hydrogen-bond donors (Lipinski definition) is 0. The first-order chi connectivity index (χ1) is 3.60. The maximum atomic E-state index is 2.35. The van der Waals surface area contributed by atoms with Crippen LogP contribution in [0.1, 0.15) is 27.2 Å². The fourth-order valence-corrected chi connectivity index (χ4v) is 2.69. The zero-order chi connectivity index (χ0) is 6.20. The number of rotatable bonds is 0. The van der Waals surface area contributed by atoms with Gasteiger partial charge in [0.25, 0.3) is 0 Å². The Hall–Kier alpha value is 0.350. The minimum absolute atomic E-state index is 0.629. The van der Waals surface area contributed by atoms with Crippen molar-refractivity contribution < 1.29 is 0 Å². The molecule has 1 aliphatic rings. The number of thioether (sulfide) groups is 1. The summed E-state index contributed by atoms with van der Waals surface area (Å²) in [6.07, 6.45) is 1.40. The minimum atomic E-state index is 0.629. The standard InChI is InChI=1S/C7H14S/c1-6-4-7(2,3)5-8-6/h6H,4-5H2,1-3H3. The molecule has 1 atom stereocenters. The van der Waals surface area contributed by atoms with E-state index in [0.717, 1.165) is 5.25 Å². The molecule has 0 bridgehead atoms. The van der Waals surface area contributed by atoms with Gasteiger partial charge in [0.1, 0.15) is 0 Å². The van der Waals surface area contributed by atoms with Crippen LogP contribution in [0.15, 0.2) is 0 Å². The molecule has 48 valence electrons. The van der Waals surface area contributed by atoms with Crippen LogP contribution in [0, 0.1) is 5.41 Å². The Labute approximate surface area is 56.0 Å². The van der Waals surface area contributed by atoms with Crippen LogP contribution in [0.3, 0.4) is 0 Å². The van der Waals surface area contributed by atoms with Crippen molar-refractivity contribution in [3.8, 4) is 0 Å². The molecule has 0 spiro atoms. The van der Waals surface area contributed by atoms with E-state index in [4.69, 9.17) is 0 Å². The summed E-state index contributed by atoms with van der Waals surface area (Å²) in [4.78, 5) is 0. The average Bonchev–Trinajstić information content (AvgIpc) is 1.82. The van der Waals surface area contributed by atoms with E-state index in [-0.39, 0.29) is 0 Å². The van der Waals surface area contributed by atoms with Gasteiger partial charge in [-0.05, 0) is 17.6 Å². The molecular weight excluding hydrogens is 116 g/mol. The summed E-state index contributed by atoms with van der Waals surface area (Å²) in [5, 5.41) is 0.907. The first kappa shape index (κ1) is 6.47. The maximum Gasteiger partial charge on any atom is 0.00242 e. The van der Waals surface area contributed by atoms with Gasteiger partial charge in [0, 0.05) is 5.25 Å². The third-order valence-corrected chi connectivity index (χ3v) is 3.28. The maximum absolute atomic E-state index is 2.35. The quantitative estimate of drug-likeness (QED) is 0.485. The Morgan fingerprint density at radius 2 is 2.12 bits per heavy atom. The van der Waals surface area contributed by atoms with E-state index in [1.54, 1.807) is 0 Å². The summed E-state index contributed by atoms with van der Waals surface area (Å²) in [5.74, 6) is 1.36. The molecule has 0 saturated carbocycles. The highest BCUT2D eigenvalue weighted by atomic mass is 32.2. The smallest absolute Gasteiger partial charge is 0.00242 e. The Morgan fingerprint density at radius 3 is 2.25 bits per heavy atom. The Morgan fingerprint density at radius 1 is 1.50 bits per heavy atom. The molecule has 0 aromatic heterocycles. The minimum Gasteiger partial charge on any atom is -0.158 e. The van der Waals surface area contributed by atoms with E-state index in [9.17, 15) is 0 Å². The molecule has 0 aromatic carbocycles. The normalized spacial score (nSPS) is 35.6. The van der Waals surface area contributed by atoms with Gasteiger partial charge in [-0.1, -0.05) is 20.8 Å². The molecule has 0 nitrogen and oxygen atoms in total.